The molecule has 1 aromatic heterocycles. The molecule has 0 saturated carbocycles. The van der Waals surface area contributed by atoms with Crippen LogP contribution in [0.3, 0.4) is 0 Å². The molecular formula is C9H16N4O2. The molecule has 2 N–H and O–H groups in total. The maximum absolute atomic E-state index is 11.2. The van der Waals surface area contributed by atoms with Gasteiger partial charge in [0.1, 0.15) is 12.7 Å². The standard InChI is InChI=1S/C9H16N4O2/c14-6-2-4-11-9(15)3-1-5-13-8-10-7-12-13/h7-8,14H,1-6H2,(H,11,15). The van der Waals surface area contributed by atoms with E-state index in [0.717, 1.165) is 6.42 Å². The molecule has 0 atom stereocenters. The van der Waals surface area contributed by atoms with Crippen molar-refractivity contribution in [2.24, 2.45) is 0 Å². The highest BCUT2D eigenvalue weighted by molar-refractivity contribution is 5.75. The van der Waals surface area contributed by atoms with E-state index < -0.39 is 0 Å². The number of hydrogen-bond acceptors (Lipinski definition) is 4. The van der Waals surface area contributed by atoms with Gasteiger partial charge < -0.3 is 10.4 Å². The van der Waals surface area contributed by atoms with E-state index in [2.05, 4.69) is 15.4 Å². The van der Waals surface area contributed by atoms with Crippen molar-refractivity contribution in [3.63, 3.8) is 0 Å². The normalized spacial score (nSPS) is 10.2. The van der Waals surface area contributed by atoms with Gasteiger partial charge in [0.25, 0.3) is 0 Å². The molecule has 0 aliphatic heterocycles. The van der Waals surface area contributed by atoms with Crippen molar-refractivity contribution >= 4 is 5.91 Å². The van der Waals surface area contributed by atoms with E-state index >= 15 is 0 Å². The number of rotatable bonds is 7. The first-order chi connectivity index (χ1) is 7.33. The molecule has 0 bridgehead atoms. The van der Waals surface area contributed by atoms with Gasteiger partial charge in [0.2, 0.25) is 5.91 Å². The van der Waals surface area contributed by atoms with Gasteiger partial charge in [-0.25, -0.2) is 4.98 Å². The van der Waals surface area contributed by atoms with Crippen LogP contribution in [0.5, 0.6) is 0 Å². The molecule has 0 saturated heterocycles. The molecule has 6 heteroatoms. The zero-order valence-electron chi connectivity index (χ0n) is 8.59. The predicted octanol–water partition coefficient (Wildman–Crippen LogP) is -0.443. The van der Waals surface area contributed by atoms with Gasteiger partial charge in [0, 0.05) is 26.1 Å². The number of aliphatic hydroxyl groups excluding tert-OH is 1. The van der Waals surface area contributed by atoms with Gasteiger partial charge in [-0.1, -0.05) is 0 Å². The number of nitrogens with zero attached hydrogens (tertiary/aromatic N) is 3. The van der Waals surface area contributed by atoms with Crippen LogP contribution in [-0.4, -0.2) is 38.9 Å². The lowest BCUT2D eigenvalue weighted by Crippen LogP contribution is -2.25. The summed E-state index contributed by atoms with van der Waals surface area (Å²) < 4.78 is 1.70. The Bertz CT molecular complexity index is 274. The van der Waals surface area contributed by atoms with E-state index in [9.17, 15) is 4.79 Å². The Kier molecular flexibility index (Phi) is 5.39. The molecule has 0 fully saturated rings. The van der Waals surface area contributed by atoms with Crippen LogP contribution in [0.2, 0.25) is 0 Å². The van der Waals surface area contributed by atoms with Gasteiger partial charge in [0.15, 0.2) is 0 Å². The number of aryl methyl sites for hydroxylation is 1. The second-order valence-electron chi connectivity index (χ2n) is 3.19. The lowest BCUT2D eigenvalue weighted by atomic mass is 10.3. The average molecular weight is 212 g/mol. The van der Waals surface area contributed by atoms with Crippen LogP contribution in [0.4, 0.5) is 0 Å². The number of hydrogen-bond donors (Lipinski definition) is 2. The maximum atomic E-state index is 11.2. The Labute approximate surface area is 88.3 Å². The fourth-order valence-corrected chi connectivity index (χ4v) is 1.15. The largest absolute Gasteiger partial charge is 0.396 e. The van der Waals surface area contributed by atoms with Crippen molar-refractivity contribution in [3.8, 4) is 0 Å². The molecule has 1 aromatic rings. The van der Waals surface area contributed by atoms with Crippen molar-refractivity contribution in [2.75, 3.05) is 13.2 Å². The Balaban J connectivity index is 2.02. The molecule has 1 amide bonds. The van der Waals surface area contributed by atoms with E-state index in [1.54, 1.807) is 11.0 Å². The summed E-state index contributed by atoms with van der Waals surface area (Å²) in [5.41, 5.74) is 0. The predicted molar refractivity (Wildman–Crippen MR) is 54.0 cm³/mol. The third-order valence-corrected chi connectivity index (χ3v) is 1.91. The number of carbonyl (C=O) groups excluding carboxylic acids is 1. The van der Waals surface area contributed by atoms with Gasteiger partial charge in [-0.05, 0) is 12.8 Å². The monoisotopic (exact) mass is 212 g/mol. The quantitative estimate of drug-likeness (QED) is 0.600. The molecule has 0 unspecified atom stereocenters. The summed E-state index contributed by atoms with van der Waals surface area (Å²) >= 11 is 0. The summed E-state index contributed by atoms with van der Waals surface area (Å²) in [6.45, 7) is 1.35. The molecule has 84 valence electrons. The summed E-state index contributed by atoms with van der Waals surface area (Å²) in [5, 5.41) is 15.2. The third-order valence-electron chi connectivity index (χ3n) is 1.91. The maximum Gasteiger partial charge on any atom is 0.220 e. The molecule has 0 aromatic carbocycles. The van der Waals surface area contributed by atoms with E-state index in [-0.39, 0.29) is 12.5 Å². The summed E-state index contributed by atoms with van der Waals surface area (Å²) in [6, 6.07) is 0. The molecule has 0 aliphatic rings. The fourth-order valence-electron chi connectivity index (χ4n) is 1.15. The third kappa shape index (κ3) is 5.11. The van der Waals surface area contributed by atoms with Crippen molar-refractivity contribution in [1.29, 1.82) is 0 Å². The number of amides is 1. The Morgan fingerprint density at radius 1 is 1.47 bits per heavy atom. The van der Waals surface area contributed by atoms with Crippen LogP contribution >= 0.6 is 0 Å². The average Bonchev–Trinajstić information content (AvgIpc) is 2.71. The summed E-state index contributed by atoms with van der Waals surface area (Å²) in [4.78, 5) is 15.0. The topological polar surface area (TPSA) is 80.0 Å². The van der Waals surface area contributed by atoms with E-state index in [1.165, 1.54) is 6.33 Å². The van der Waals surface area contributed by atoms with Crippen LogP contribution in [-0.2, 0) is 11.3 Å². The second kappa shape index (κ2) is 6.94. The first kappa shape index (κ1) is 11.6. The molecule has 1 heterocycles. The Morgan fingerprint density at radius 2 is 2.33 bits per heavy atom. The van der Waals surface area contributed by atoms with Gasteiger partial charge >= 0.3 is 0 Å². The van der Waals surface area contributed by atoms with Crippen molar-refractivity contribution in [2.45, 2.75) is 25.8 Å². The zero-order valence-corrected chi connectivity index (χ0v) is 8.59. The molecule has 6 nitrogen and oxygen atoms in total. The minimum Gasteiger partial charge on any atom is -0.396 e. The van der Waals surface area contributed by atoms with Gasteiger partial charge in [-0.3, -0.25) is 9.48 Å². The SMILES string of the molecule is O=C(CCCn1cncn1)NCCCO. The van der Waals surface area contributed by atoms with Crippen LogP contribution < -0.4 is 5.32 Å². The number of carbonyl (C=O) groups is 1. The van der Waals surface area contributed by atoms with E-state index in [4.69, 9.17) is 5.11 Å². The summed E-state index contributed by atoms with van der Waals surface area (Å²) in [6.07, 6.45) is 4.93. The highest BCUT2D eigenvalue weighted by atomic mass is 16.3. The minimum absolute atomic E-state index is 0.0172. The second-order valence-corrected chi connectivity index (χ2v) is 3.19. The molecule has 0 radical (unpaired) electrons. The summed E-state index contributed by atoms with van der Waals surface area (Å²) in [5.74, 6) is 0.0172. The van der Waals surface area contributed by atoms with Gasteiger partial charge in [-0.15, -0.1) is 0 Å². The molecule has 15 heavy (non-hydrogen) atoms. The lowest BCUT2D eigenvalue weighted by molar-refractivity contribution is -0.121. The van der Waals surface area contributed by atoms with Gasteiger partial charge in [-0.2, -0.15) is 5.10 Å². The highest BCUT2D eigenvalue weighted by Gasteiger charge is 2.00. The first-order valence-corrected chi connectivity index (χ1v) is 5.03. The van der Waals surface area contributed by atoms with Gasteiger partial charge in [0.05, 0.1) is 0 Å². The molecule has 0 spiro atoms. The fraction of sp³-hybridized carbons (Fsp3) is 0.667. The first-order valence-electron chi connectivity index (χ1n) is 5.03. The molecule has 0 aliphatic carbocycles. The lowest BCUT2D eigenvalue weighted by Gasteiger charge is -2.03. The van der Waals surface area contributed by atoms with Crippen molar-refractivity contribution in [1.82, 2.24) is 20.1 Å². The number of aromatic nitrogens is 3. The van der Waals surface area contributed by atoms with Crippen molar-refractivity contribution < 1.29 is 9.90 Å². The summed E-state index contributed by atoms with van der Waals surface area (Å²) in [7, 11) is 0. The van der Waals surface area contributed by atoms with E-state index in [1.807, 2.05) is 0 Å². The van der Waals surface area contributed by atoms with Crippen LogP contribution in [0.15, 0.2) is 12.7 Å². The van der Waals surface area contributed by atoms with Crippen LogP contribution in [0.25, 0.3) is 0 Å². The highest BCUT2D eigenvalue weighted by Crippen LogP contribution is 1.93. The van der Waals surface area contributed by atoms with Crippen molar-refractivity contribution in [3.05, 3.63) is 12.7 Å². The number of nitrogens with one attached hydrogen (secondary N) is 1. The zero-order chi connectivity index (χ0) is 10.9. The Hall–Kier alpha value is -1.43. The smallest absolute Gasteiger partial charge is 0.220 e. The molecular weight excluding hydrogens is 196 g/mol. The minimum atomic E-state index is 0.0172. The molecule has 1 rings (SSSR count). The van der Waals surface area contributed by atoms with E-state index in [0.29, 0.717) is 25.9 Å². The van der Waals surface area contributed by atoms with Crippen LogP contribution in [0.1, 0.15) is 19.3 Å². The Morgan fingerprint density at radius 3 is 3.00 bits per heavy atom. The number of aliphatic hydroxyl groups is 1. The van der Waals surface area contributed by atoms with Crippen LogP contribution in [0, 0.1) is 0 Å².